The van der Waals surface area contributed by atoms with Crippen LogP contribution in [0.1, 0.15) is 12.6 Å². The summed E-state index contributed by atoms with van der Waals surface area (Å²) in [4.78, 5) is 5.21. The number of nitrogens with two attached hydrogens (primary N) is 1. The Morgan fingerprint density at radius 1 is 1.67 bits per heavy atom. The number of nitrogen functional groups attached to an aromatic ring is 1. The molecular formula is C9H12N2S. The van der Waals surface area contributed by atoms with Crippen molar-refractivity contribution in [2.75, 3.05) is 12.0 Å². The lowest BCUT2D eigenvalue weighted by molar-refractivity contribution is 1.22. The van der Waals surface area contributed by atoms with Crippen LogP contribution in [0.25, 0.3) is 5.57 Å². The molecule has 0 saturated carbocycles. The van der Waals surface area contributed by atoms with E-state index in [0.717, 1.165) is 21.8 Å². The van der Waals surface area contributed by atoms with Crippen molar-refractivity contribution in [2.45, 2.75) is 11.8 Å². The number of thioether (sulfide) groups is 1. The van der Waals surface area contributed by atoms with Crippen molar-refractivity contribution in [3.63, 3.8) is 0 Å². The Morgan fingerprint density at radius 2 is 2.33 bits per heavy atom. The summed E-state index contributed by atoms with van der Waals surface area (Å²) in [6.07, 6.45) is 3.75. The predicted molar refractivity (Wildman–Crippen MR) is 55.1 cm³/mol. The molecule has 3 heteroatoms. The van der Waals surface area contributed by atoms with E-state index in [0.29, 0.717) is 0 Å². The fourth-order valence-electron chi connectivity index (χ4n) is 0.974. The number of rotatable bonds is 2. The van der Waals surface area contributed by atoms with Gasteiger partial charge in [-0.2, -0.15) is 0 Å². The number of hydrogen-bond acceptors (Lipinski definition) is 3. The van der Waals surface area contributed by atoms with Crippen LogP contribution in [0.5, 0.6) is 0 Å². The van der Waals surface area contributed by atoms with Gasteiger partial charge in [0.15, 0.2) is 0 Å². The molecule has 1 rings (SSSR count). The highest BCUT2D eigenvalue weighted by molar-refractivity contribution is 7.98. The van der Waals surface area contributed by atoms with Crippen molar-refractivity contribution >= 4 is 23.0 Å². The maximum atomic E-state index is 5.85. The molecular weight excluding hydrogens is 168 g/mol. The van der Waals surface area contributed by atoms with Gasteiger partial charge in [-0.25, -0.2) is 0 Å². The first kappa shape index (κ1) is 9.13. The molecule has 12 heavy (non-hydrogen) atoms. The third-order valence-corrected chi connectivity index (χ3v) is 2.37. The monoisotopic (exact) mass is 180 g/mol. The molecule has 0 unspecified atom stereocenters. The van der Waals surface area contributed by atoms with E-state index in [1.54, 1.807) is 18.0 Å². The van der Waals surface area contributed by atoms with Crippen molar-refractivity contribution in [1.29, 1.82) is 0 Å². The average molecular weight is 180 g/mol. The van der Waals surface area contributed by atoms with E-state index < -0.39 is 0 Å². The van der Waals surface area contributed by atoms with Gasteiger partial charge < -0.3 is 5.73 Å². The molecule has 0 spiro atoms. The number of pyridine rings is 1. The van der Waals surface area contributed by atoms with Crippen LogP contribution in [0.4, 0.5) is 5.69 Å². The predicted octanol–water partition coefficient (Wildman–Crippen LogP) is 2.42. The minimum atomic E-state index is 0.734. The molecule has 0 atom stereocenters. The maximum Gasteiger partial charge on any atom is 0.0893 e. The topological polar surface area (TPSA) is 38.9 Å². The summed E-state index contributed by atoms with van der Waals surface area (Å²) in [5.41, 5.74) is 8.30. The fraction of sp³-hybridized carbons (Fsp3) is 0.222. The first-order valence-corrected chi connectivity index (χ1v) is 4.83. The first-order chi connectivity index (χ1) is 5.66. The SMILES string of the molecule is C=C(C)c1nccc(SC)c1N. The molecule has 0 aliphatic carbocycles. The molecule has 64 valence electrons. The standard InChI is InChI=1S/C9H12N2S/c1-6(2)9-8(10)7(12-3)4-5-11-9/h4-5H,1,10H2,2-3H3. The Bertz CT molecular complexity index is 307. The molecule has 1 aromatic heterocycles. The van der Waals surface area contributed by atoms with Crippen LogP contribution < -0.4 is 5.73 Å². The number of anilines is 1. The third kappa shape index (κ3) is 1.61. The van der Waals surface area contributed by atoms with E-state index >= 15 is 0 Å². The highest BCUT2D eigenvalue weighted by atomic mass is 32.2. The Labute approximate surface area is 76.9 Å². The first-order valence-electron chi connectivity index (χ1n) is 3.61. The minimum Gasteiger partial charge on any atom is -0.396 e. The summed E-state index contributed by atoms with van der Waals surface area (Å²) in [6, 6.07) is 1.91. The molecule has 0 fully saturated rings. The summed E-state index contributed by atoms with van der Waals surface area (Å²) in [7, 11) is 0. The van der Waals surface area contributed by atoms with E-state index in [-0.39, 0.29) is 0 Å². The zero-order valence-corrected chi connectivity index (χ0v) is 8.11. The number of aromatic nitrogens is 1. The zero-order chi connectivity index (χ0) is 9.14. The normalized spacial score (nSPS) is 9.83. The van der Waals surface area contributed by atoms with Crippen molar-refractivity contribution in [3.8, 4) is 0 Å². The Morgan fingerprint density at radius 3 is 2.83 bits per heavy atom. The molecule has 0 amide bonds. The van der Waals surface area contributed by atoms with Crippen LogP contribution >= 0.6 is 11.8 Å². The lowest BCUT2D eigenvalue weighted by Gasteiger charge is -2.06. The highest BCUT2D eigenvalue weighted by Crippen LogP contribution is 2.27. The smallest absolute Gasteiger partial charge is 0.0893 e. The van der Waals surface area contributed by atoms with Crippen molar-refractivity contribution < 1.29 is 0 Å². The molecule has 0 bridgehead atoms. The molecule has 2 N–H and O–H groups in total. The van der Waals surface area contributed by atoms with E-state index in [1.165, 1.54) is 0 Å². The zero-order valence-electron chi connectivity index (χ0n) is 7.29. The van der Waals surface area contributed by atoms with Crippen molar-refractivity contribution in [3.05, 3.63) is 24.5 Å². The average Bonchev–Trinajstić information content (AvgIpc) is 2.04. The Balaban J connectivity index is 3.23. The number of allylic oxidation sites excluding steroid dienone is 1. The van der Waals surface area contributed by atoms with Crippen LogP contribution in [0.15, 0.2) is 23.7 Å². The van der Waals surface area contributed by atoms with Crippen LogP contribution in [0, 0.1) is 0 Å². The molecule has 1 heterocycles. The van der Waals surface area contributed by atoms with Crippen molar-refractivity contribution in [2.24, 2.45) is 0 Å². The van der Waals surface area contributed by atoms with Gasteiger partial charge in [-0.15, -0.1) is 11.8 Å². The summed E-state index contributed by atoms with van der Waals surface area (Å²) < 4.78 is 0. The van der Waals surface area contributed by atoms with Gasteiger partial charge in [0.2, 0.25) is 0 Å². The molecule has 1 aromatic rings. The second kappa shape index (κ2) is 3.63. The van der Waals surface area contributed by atoms with Gasteiger partial charge in [-0.3, -0.25) is 4.98 Å². The molecule has 0 saturated heterocycles. The van der Waals surface area contributed by atoms with E-state index in [1.807, 2.05) is 19.2 Å². The highest BCUT2D eigenvalue weighted by Gasteiger charge is 2.04. The van der Waals surface area contributed by atoms with Gasteiger partial charge in [0.1, 0.15) is 0 Å². The van der Waals surface area contributed by atoms with Gasteiger partial charge in [0.25, 0.3) is 0 Å². The van der Waals surface area contributed by atoms with E-state index in [9.17, 15) is 0 Å². The van der Waals surface area contributed by atoms with Crippen LogP contribution in [0.3, 0.4) is 0 Å². The lowest BCUT2D eigenvalue weighted by Crippen LogP contribution is -1.96. The fourth-order valence-corrected chi connectivity index (χ4v) is 1.49. The summed E-state index contributed by atoms with van der Waals surface area (Å²) in [5.74, 6) is 0. The summed E-state index contributed by atoms with van der Waals surface area (Å²) in [6.45, 7) is 5.72. The van der Waals surface area contributed by atoms with Crippen LogP contribution in [-0.4, -0.2) is 11.2 Å². The maximum absolute atomic E-state index is 5.85. The van der Waals surface area contributed by atoms with Gasteiger partial charge >= 0.3 is 0 Å². The lowest BCUT2D eigenvalue weighted by atomic mass is 10.2. The molecule has 0 aliphatic rings. The van der Waals surface area contributed by atoms with Crippen LogP contribution in [0.2, 0.25) is 0 Å². The molecule has 2 nitrogen and oxygen atoms in total. The second-order valence-corrected chi connectivity index (χ2v) is 3.40. The third-order valence-electron chi connectivity index (χ3n) is 1.57. The van der Waals surface area contributed by atoms with Gasteiger partial charge in [-0.05, 0) is 24.8 Å². The van der Waals surface area contributed by atoms with E-state index in [2.05, 4.69) is 11.6 Å². The van der Waals surface area contributed by atoms with Gasteiger partial charge in [0.05, 0.1) is 11.4 Å². The summed E-state index contributed by atoms with van der Waals surface area (Å²) >= 11 is 1.62. The van der Waals surface area contributed by atoms with Gasteiger partial charge in [0, 0.05) is 11.1 Å². The molecule has 0 aliphatic heterocycles. The number of hydrogen-bond donors (Lipinski definition) is 1. The summed E-state index contributed by atoms with van der Waals surface area (Å²) in [5, 5.41) is 0. The quantitative estimate of drug-likeness (QED) is 0.710. The second-order valence-electron chi connectivity index (χ2n) is 2.56. The largest absolute Gasteiger partial charge is 0.396 e. The Kier molecular flexibility index (Phi) is 2.76. The van der Waals surface area contributed by atoms with Crippen LogP contribution in [-0.2, 0) is 0 Å². The minimum absolute atomic E-state index is 0.734. The number of nitrogens with zero attached hydrogens (tertiary/aromatic N) is 1. The molecule has 0 radical (unpaired) electrons. The van der Waals surface area contributed by atoms with E-state index in [4.69, 9.17) is 5.73 Å². The molecule has 0 aromatic carbocycles. The van der Waals surface area contributed by atoms with Crippen molar-refractivity contribution in [1.82, 2.24) is 4.98 Å². The Hall–Kier alpha value is -0.960. The van der Waals surface area contributed by atoms with Gasteiger partial charge in [-0.1, -0.05) is 6.58 Å².